The third-order valence-electron chi connectivity index (χ3n) is 4.02. The summed E-state index contributed by atoms with van der Waals surface area (Å²) in [4.78, 5) is 4.32. The molecule has 1 aromatic carbocycles. The number of hydrogen-bond acceptors (Lipinski definition) is 3. The lowest BCUT2D eigenvalue weighted by molar-refractivity contribution is 0.341. The fourth-order valence-corrected chi connectivity index (χ4v) is 3.50. The minimum absolute atomic E-state index is 0.670. The zero-order valence-electron chi connectivity index (χ0n) is 11.1. The molecule has 19 heavy (non-hydrogen) atoms. The Morgan fingerprint density at radius 2 is 1.89 bits per heavy atom. The fourth-order valence-electron chi connectivity index (χ4n) is 2.93. The first-order valence-corrected chi connectivity index (χ1v) is 7.96. The van der Waals surface area contributed by atoms with Crippen molar-refractivity contribution in [2.75, 3.05) is 0 Å². The van der Waals surface area contributed by atoms with Crippen molar-refractivity contribution in [1.82, 2.24) is 10.3 Å². The van der Waals surface area contributed by atoms with E-state index >= 15 is 0 Å². The fraction of sp³-hybridized carbons (Fsp3) is 0.438. The standard InChI is InChI=1S/C16H20N2S/c1-2-4-13(5-3-1)14-6-8-15(9-7-14)18-12-16-17-10-11-19-16/h1-5,10-11,14-15,18H,6-9,12H2. The number of nitrogens with one attached hydrogen (secondary N) is 1. The van der Waals surface area contributed by atoms with E-state index in [-0.39, 0.29) is 0 Å². The van der Waals surface area contributed by atoms with Gasteiger partial charge in [0.1, 0.15) is 5.01 Å². The van der Waals surface area contributed by atoms with Crippen molar-refractivity contribution in [2.24, 2.45) is 0 Å². The Morgan fingerprint density at radius 1 is 1.11 bits per heavy atom. The van der Waals surface area contributed by atoms with Crippen molar-refractivity contribution in [1.29, 1.82) is 0 Å². The van der Waals surface area contributed by atoms with Gasteiger partial charge in [-0.3, -0.25) is 0 Å². The number of aromatic nitrogens is 1. The van der Waals surface area contributed by atoms with Gasteiger partial charge < -0.3 is 5.32 Å². The van der Waals surface area contributed by atoms with Crippen LogP contribution < -0.4 is 5.32 Å². The third-order valence-corrected chi connectivity index (χ3v) is 4.80. The van der Waals surface area contributed by atoms with Crippen molar-refractivity contribution < 1.29 is 0 Å². The van der Waals surface area contributed by atoms with Crippen LogP contribution in [0.15, 0.2) is 41.9 Å². The van der Waals surface area contributed by atoms with Crippen LogP contribution in [0.25, 0.3) is 0 Å². The van der Waals surface area contributed by atoms with Crippen LogP contribution in [0.3, 0.4) is 0 Å². The minimum Gasteiger partial charge on any atom is -0.308 e. The zero-order valence-corrected chi connectivity index (χ0v) is 11.9. The molecule has 1 aliphatic rings. The molecule has 2 aromatic rings. The Kier molecular flexibility index (Phi) is 4.26. The molecule has 3 rings (SSSR count). The second-order valence-electron chi connectivity index (χ2n) is 5.27. The molecule has 0 amide bonds. The number of thiazole rings is 1. The Bertz CT molecular complexity index is 473. The molecule has 2 nitrogen and oxygen atoms in total. The van der Waals surface area contributed by atoms with Gasteiger partial charge in [-0.1, -0.05) is 30.3 Å². The van der Waals surface area contributed by atoms with Crippen LogP contribution in [0, 0.1) is 0 Å². The van der Waals surface area contributed by atoms with Gasteiger partial charge in [0, 0.05) is 24.2 Å². The molecule has 3 heteroatoms. The monoisotopic (exact) mass is 272 g/mol. The van der Waals surface area contributed by atoms with Gasteiger partial charge in [0.05, 0.1) is 0 Å². The van der Waals surface area contributed by atoms with Crippen LogP contribution in [0.1, 0.15) is 42.2 Å². The molecule has 100 valence electrons. The van der Waals surface area contributed by atoms with E-state index in [0.29, 0.717) is 6.04 Å². The molecular formula is C16H20N2S. The smallest absolute Gasteiger partial charge is 0.106 e. The normalized spacial score (nSPS) is 23.4. The molecule has 1 N–H and O–H groups in total. The topological polar surface area (TPSA) is 24.9 Å². The molecule has 1 saturated carbocycles. The highest BCUT2D eigenvalue weighted by atomic mass is 32.1. The van der Waals surface area contributed by atoms with E-state index in [1.165, 1.54) is 36.3 Å². The Morgan fingerprint density at radius 3 is 2.58 bits per heavy atom. The highest BCUT2D eigenvalue weighted by molar-refractivity contribution is 7.09. The highest BCUT2D eigenvalue weighted by Crippen LogP contribution is 2.32. The minimum atomic E-state index is 0.670. The largest absolute Gasteiger partial charge is 0.308 e. The third kappa shape index (κ3) is 3.43. The van der Waals surface area contributed by atoms with Crippen LogP contribution in [0.4, 0.5) is 0 Å². The summed E-state index contributed by atoms with van der Waals surface area (Å²) in [5.41, 5.74) is 1.51. The summed E-state index contributed by atoms with van der Waals surface area (Å²) in [5.74, 6) is 0.763. The molecular weight excluding hydrogens is 252 g/mol. The number of nitrogens with zero attached hydrogens (tertiary/aromatic N) is 1. The SMILES string of the molecule is c1ccc(C2CCC(NCc3nccs3)CC2)cc1. The van der Waals surface area contributed by atoms with Crippen molar-refractivity contribution in [3.05, 3.63) is 52.5 Å². The summed E-state index contributed by atoms with van der Waals surface area (Å²) in [5, 5.41) is 6.89. The van der Waals surface area contributed by atoms with Gasteiger partial charge in [-0.2, -0.15) is 0 Å². The van der Waals surface area contributed by atoms with E-state index in [0.717, 1.165) is 12.5 Å². The average molecular weight is 272 g/mol. The van der Waals surface area contributed by atoms with Gasteiger partial charge in [0.25, 0.3) is 0 Å². The average Bonchev–Trinajstić information content (AvgIpc) is 3.00. The molecule has 0 radical (unpaired) electrons. The summed E-state index contributed by atoms with van der Waals surface area (Å²) in [6.45, 7) is 0.929. The molecule has 0 saturated heterocycles. The zero-order chi connectivity index (χ0) is 12.9. The number of rotatable bonds is 4. The first-order chi connectivity index (χ1) is 9.42. The maximum Gasteiger partial charge on any atom is 0.106 e. The molecule has 1 aliphatic carbocycles. The van der Waals surface area contributed by atoms with Crippen LogP contribution in [0.5, 0.6) is 0 Å². The summed E-state index contributed by atoms with van der Waals surface area (Å²) in [6, 6.07) is 11.6. The molecule has 0 unspecified atom stereocenters. The molecule has 1 fully saturated rings. The lowest BCUT2D eigenvalue weighted by Crippen LogP contribution is -2.32. The van der Waals surface area contributed by atoms with Crippen LogP contribution in [0.2, 0.25) is 0 Å². The van der Waals surface area contributed by atoms with E-state index in [4.69, 9.17) is 0 Å². The molecule has 0 spiro atoms. The Hall–Kier alpha value is -1.19. The van der Waals surface area contributed by atoms with Gasteiger partial charge in [-0.15, -0.1) is 11.3 Å². The lowest BCUT2D eigenvalue weighted by atomic mass is 9.82. The summed E-state index contributed by atoms with van der Waals surface area (Å²) in [6.07, 6.45) is 7.06. The molecule has 0 atom stereocenters. The summed E-state index contributed by atoms with van der Waals surface area (Å²) < 4.78 is 0. The second kappa shape index (κ2) is 6.31. The van der Waals surface area contributed by atoms with Crippen molar-refractivity contribution >= 4 is 11.3 Å². The van der Waals surface area contributed by atoms with Crippen molar-refractivity contribution in [3.8, 4) is 0 Å². The van der Waals surface area contributed by atoms with Gasteiger partial charge in [-0.05, 0) is 37.2 Å². The number of benzene rings is 1. The van der Waals surface area contributed by atoms with E-state index < -0.39 is 0 Å². The van der Waals surface area contributed by atoms with Gasteiger partial charge in [0.2, 0.25) is 0 Å². The van der Waals surface area contributed by atoms with Crippen molar-refractivity contribution in [2.45, 2.75) is 44.2 Å². The van der Waals surface area contributed by atoms with E-state index in [9.17, 15) is 0 Å². The number of hydrogen-bond donors (Lipinski definition) is 1. The quantitative estimate of drug-likeness (QED) is 0.911. The highest BCUT2D eigenvalue weighted by Gasteiger charge is 2.21. The summed E-state index contributed by atoms with van der Waals surface area (Å²) in [7, 11) is 0. The van der Waals surface area contributed by atoms with Crippen molar-refractivity contribution in [3.63, 3.8) is 0 Å². The van der Waals surface area contributed by atoms with Crippen LogP contribution >= 0.6 is 11.3 Å². The van der Waals surface area contributed by atoms with Gasteiger partial charge in [-0.25, -0.2) is 4.98 Å². The predicted molar refractivity (Wildman–Crippen MR) is 80.4 cm³/mol. The second-order valence-corrected chi connectivity index (χ2v) is 6.25. The van der Waals surface area contributed by atoms with E-state index in [1.54, 1.807) is 11.3 Å². The van der Waals surface area contributed by atoms with E-state index in [2.05, 4.69) is 40.6 Å². The van der Waals surface area contributed by atoms with Gasteiger partial charge >= 0.3 is 0 Å². The van der Waals surface area contributed by atoms with Crippen LogP contribution in [-0.4, -0.2) is 11.0 Å². The molecule has 1 heterocycles. The Labute approximate surface area is 118 Å². The lowest BCUT2D eigenvalue weighted by Gasteiger charge is -2.29. The van der Waals surface area contributed by atoms with E-state index in [1.807, 2.05) is 11.6 Å². The molecule has 1 aromatic heterocycles. The maximum absolute atomic E-state index is 4.32. The first-order valence-electron chi connectivity index (χ1n) is 7.08. The predicted octanol–water partition coefficient (Wildman–Crippen LogP) is 3.96. The summed E-state index contributed by atoms with van der Waals surface area (Å²) >= 11 is 1.74. The Balaban J connectivity index is 1.47. The molecule has 0 aliphatic heterocycles. The first kappa shape index (κ1) is 12.8. The molecule has 0 bridgehead atoms. The van der Waals surface area contributed by atoms with Gasteiger partial charge in [0.15, 0.2) is 0 Å². The maximum atomic E-state index is 4.32. The van der Waals surface area contributed by atoms with Crippen LogP contribution in [-0.2, 0) is 6.54 Å².